The summed E-state index contributed by atoms with van der Waals surface area (Å²) < 4.78 is 13.9. The van der Waals surface area contributed by atoms with Crippen LogP contribution in [0, 0.1) is 12.7 Å². The number of nitrogens with zero attached hydrogens (tertiary/aromatic N) is 1. The van der Waals surface area contributed by atoms with Gasteiger partial charge in [0.25, 0.3) is 0 Å². The second kappa shape index (κ2) is 3.32. The molecule has 0 aliphatic heterocycles. The van der Waals surface area contributed by atoms with Crippen molar-refractivity contribution in [1.82, 2.24) is 4.98 Å². The first kappa shape index (κ1) is 9.96. The van der Waals surface area contributed by atoms with Crippen molar-refractivity contribution < 1.29 is 4.39 Å². The predicted molar refractivity (Wildman–Crippen MR) is 51.9 cm³/mol. The van der Waals surface area contributed by atoms with Gasteiger partial charge in [0.2, 0.25) is 0 Å². The Labute approximate surface area is 76.9 Å². The van der Waals surface area contributed by atoms with Gasteiger partial charge < -0.3 is 0 Å². The Morgan fingerprint density at radius 3 is 2.33 bits per heavy atom. The molecule has 0 bridgehead atoms. The summed E-state index contributed by atoms with van der Waals surface area (Å²) in [6.07, 6.45) is 1.32. The Bertz CT molecular complexity index is 291. The van der Waals surface area contributed by atoms with Crippen LogP contribution in [0.4, 0.5) is 4.39 Å². The number of aryl methyl sites for hydroxylation is 1. The van der Waals surface area contributed by atoms with E-state index in [1.807, 2.05) is 6.92 Å². The number of hydrogen-bond acceptors (Lipinski definition) is 1. The molecule has 0 spiro atoms. The van der Waals surface area contributed by atoms with Gasteiger partial charge in [0, 0.05) is 0 Å². The molecule has 0 aliphatic rings. The molecular formula is C9H14FNSn. The fourth-order valence-electron chi connectivity index (χ4n) is 1.33. The van der Waals surface area contributed by atoms with Crippen LogP contribution in [0.3, 0.4) is 0 Å². The van der Waals surface area contributed by atoms with Crippen LogP contribution in [0.5, 0.6) is 0 Å². The standard InChI is InChI=1S/C6H5FN.3CH3.Sn/c1-5-2-6(7)4-8-3-5;;;;/h2,4H,1H3;3*1H3;. The van der Waals surface area contributed by atoms with Crippen LogP contribution < -0.4 is 3.71 Å². The Hall–Kier alpha value is -0.121. The quantitative estimate of drug-likeness (QED) is 0.714. The first-order valence-electron chi connectivity index (χ1n) is 4.04. The summed E-state index contributed by atoms with van der Waals surface area (Å²) in [4.78, 5) is 11.0. The van der Waals surface area contributed by atoms with E-state index >= 15 is 0 Å². The summed E-state index contributed by atoms with van der Waals surface area (Å²) in [5.41, 5.74) is 1.01. The van der Waals surface area contributed by atoms with Crippen LogP contribution in [0.2, 0.25) is 14.8 Å². The molecule has 1 aromatic rings. The van der Waals surface area contributed by atoms with Gasteiger partial charge in [-0.3, -0.25) is 0 Å². The SMILES string of the molecule is Cc1cc(F)cn[c]1[Sn]([CH3])([CH3])[CH3]. The van der Waals surface area contributed by atoms with Crippen LogP contribution >= 0.6 is 0 Å². The molecule has 0 fully saturated rings. The minimum absolute atomic E-state index is 0.230. The molecule has 1 nitrogen and oxygen atoms in total. The summed E-state index contributed by atoms with van der Waals surface area (Å²) in [6, 6.07) is 1.57. The van der Waals surface area contributed by atoms with Crippen LogP contribution in [-0.2, 0) is 0 Å². The second-order valence-electron chi connectivity index (χ2n) is 4.07. The molecular weight excluding hydrogens is 260 g/mol. The summed E-state index contributed by atoms with van der Waals surface area (Å²) in [5.74, 6) is -0.230. The number of pyridine rings is 1. The van der Waals surface area contributed by atoms with Crippen molar-refractivity contribution >= 4 is 22.1 Å². The molecule has 0 saturated carbocycles. The van der Waals surface area contributed by atoms with Crippen molar-refractivity contribution in [3.63, 3.8) is 0 Å². The Morgan fingerprint density at radius 2 is 1.92 bits per heavy atom. The van der Waals surface area contributed by atoms with Gasteiger partial charge in [0.15, 0.2) is 0 Å². The third-order valence-corrected chi connectivity index (χ3v) is 7.30. The third-order valence-electron chi connectivity index (χ3n) is 1.76. The molecule has 12 heavy (non-hydrogen) atoms. The minimum atomic E-state index is -2.08. The van der Waals surface area contributed by atoms with Crippen LogP contribution in [0.25, 0.3) is 0 Å². The number of halogens is 1. The van der Waals surface area contributed by atoms with E-state index in [4.69, 9.17) is 0 Å². The summed E-state index contributed by atoms with van der Waals surface area (Å²) >= 11 is -2.08. The summed E-state index contributed by atoms with van der Waals surface area (Å²) in [5, 5.41) is 0. The Kier molecular flexibility index (Phi) is 2.76. The van der Waals surface area contributed by atoms with E-state index < -0.39 is 18.4 Å². The van der Waals surface area contributed by atoms with E-state index in [0.29, 0.717) is 0 Å². The molecule has 0 N–H and O–H groups in total. The van der Waals surface area contributed by atoms with Gasteiger partial charge in [0.1, 0.15) is 0 Å². The van der Waals surface area contributed by atoms with E-state index in [-0.39, 0.29) is 5.82 Å². The fraction of sp³-hybridized carbons (Fsp3) is 0.444. The van der Waals surface area contributed by atoms with Crippen molar-refractivity contribution in [2.45, 2.75) is 21.7 Å². The van der Waals surface area contributed by atoms with Crippen molar-refractivity contribution in [3.05, 3.63) is 23.6 Å². The molecule has 1 aromatic heterocycles. The summed E-state index contributed by atoms with van der Waals surface area (Å²) in [7, 11) is 0. The van der Waals surface area contributed by atoms with Gasteiger partial charge in [-0.1, -0.05) is 0 Å². The molecule has 0 saturated heterocycles. The number of rotatable bonds is 1. The van der Waals surface area contributed by atoms with E-state index in [0.717, 1.165) is 5.56 Å². The van der Waals surface area contributed by atoms with Gasteiger partial charge in [-0.25, -0.2) is 0 Å². The average Bonchev–Trinajstić information content (AvgIpc) is 1.83. The van der Waals surface area contributed by atoms with Crippen molar-refractivity contribution in [3.8, 4) is 0 Å². The molecule has 1 heterocycles. The van der Waals surface area contributed by atoms with Gasteiger partial charge >= 0.3 is 76.8 Å². The summed E-state index contributed by atoms with van der Waals surface area (Å²) in [6.45, 7) is 1.94. The van der Waals surface area contributed by atoms with Crippen LogP contribution in [0.1, 0.15) is 5.56 Å². The van der Waals surface area contributed by atoms with Gasteiger partial charge in [-0.2, -0.15) is 0 Å². The maximum atomic E-state index is 12.7. The second-order valence-corrected chi connectivity index (χ2v) is 18.3. The molecule has 0 unspecified atom stereocenters. The topological polar surface area (TPSA) is 12.9 Å². The van der Waals surface area contributed by atoms with Crippen LogP contribution in [-0.4, -0.2) is 23.4 Å². The maximum absolute atomic E-state index is 12.7. The van der Waals surface area contributed by atoms with Crippen molar-refractivity contribution in [2.75, 3.05) is 0 Å². The third kappa shape index (κ3) is 2.19. The van der Waals surface area contributed by atoms with Crippen LogP contribution in [0.15, 0.2) is 12.3 Å². The Balaban J connectivity index is 3.19. The molecule has 0 aromatic carbocycles. The first-order chi connectivity index (χ1) is 5.41. The molecule has 0 atom stereocenters. The van der Waals surface area contributed by atoms with E-state index in [1.165, 1.54) is 9.91 Å². The molecule has 0 amide bonds. The monoisotopic (exact) mass is 275 g/mol. The van der Waals surface area contributed by atoms with E-state index in [9.17, 15) is 4.39 Å². The fourth-order valence-corrected chi connectivity index (χ4v) is 6.20. The van der Waals surface area contributed by atoms with E-state index in [1.54, 1.807) is 6.07 Å². The zero-order valence-corrected chi connectivity index (χ0v) is 10.8. The zero-order chi connectivity index (χ0) is 9.35. The number of aromatic nitrogens is 1. The zero-order valence-electron chi connectivity index (χ0n) is 7.98. The van der Waals surface area contributed by atoms with Crippen molar-refractivity contribution in [2.24, 2.45) is 0 Å². The van der Waals surface area contributed by atoms with Gasteiger partial charge in [-0.05, 0) is 0 Å². The molecule has 1 rings (SSSR count). The molecule has 3 heteroatoms. The normalized spacial score (nSPS) is 11.8. The molecule has 66 valence electrons. The molecule has 0 aliphatic carbocycles. The predicted octanol–water partition coefficient (Wildman–Crippen LogP) is 2.07. The van der Waals surface area contributed by atoms with Crippen molar-refractivity contribution in [1.29, 1.82) is 0 Å². The average molecular weight is 274 g/mol. The Morgan fingerprint density at radius 1 is 1.33 bits per heavy atom. The first-order valence-corrected chi connectivity index (χ1v) is 14.0. The van der Waals surface area contributed by atoms with Gasteiger partial charge in [-0.15, -0.1) is 0 Å². The van der Waals surface area contributed by atoms with E-state index in [2.05, 4.69) is 19.8 Å². The van der Waals surface area contributed by atoms with Gasteiger partial charge in [0.05, 0.1) is 0 Å². The number of hydrogen-bond donors (Lipinski definition) is 0. The molecule has 0 radical (unpaired) electrons.